The monoisotopic (exact) mass is 242 g/mol. The van der Waals surface area contributed by atoms with E-state index in [9.17, 15) is 14.3 Å². The maximum Gasteiger partial charge on any atom is 0.273 e. The van der Waals surface area contributed by atoms with E-state index in [-0.39, 0.29) is 5.69 Å². The van der Waals surface area contributed by atoms with Crippen LogP contribution in [0.15, 0.2) is 24.3 Å². The molecule has 0 saturated carbocycles. The maximum atomic E-state index is 10.8. The molecule has 0 aliphatic heterocycles. The molecule has 0 aliphatic rings. The Hall–Kier alpha value is -1.27. The van der Waals surface area contributed by atoms with E-state index in [2.05, 4.69) is 5.32 Å². The fraction of sp³-hybridized carbons (Fsp3) is 0.400. The lowest BCUT2D eigenvalue weighted by atomic mass is 10.2. The molecule has 16 heavy (non-hydrogen) atoms. The van der Waals surface area contributed by atoms with Crippen LogP contribution in [0.5, 0.6) is 0 Å². The van der Waals surface area contributed by atoms with E-state index < -0.39 is 15.7 Å². The Labute approximate surface area is 96.5 Å². The molecular weight excluding hydrogens is 228 g/mol. The molecule has 1 N–H and O–H groups in total. The molecule has 0 bridgehead atoms. The first-order valence-electron chi connectivity index (χ1n) is 4.84. The van der Waals surface area contributed by atoms with Crippen LogP contribution in [-0.2, 0) is 17.3 Å². The normalized spacial score (nSPS) is 12.3. The maximum absolute atomic E-state index is 10.8. The van der Waals surface area contributed by atoms with Crippen LogP contribution in [0.2, 0.25) is 0 Å². The number of hydrogen-bond acceptors (Lipinski definition) is 4. The average molecular weight is 242 g/mol. The molecule has 0 amide bonds. The third-order valence-corrected chi connectivity index (χ3v) is 2.85. The fourth-order valence-corrected chi connectivity index (χ4v) is 1.71. The molecule has 0 aromatic heterocycles. The highest BCUT2D eigenvalue weighted by Crippen LogP contribution is 2.16. The number of nitrogens with one attached hydrogen (secondary N) is 1. The minimum absolute atomic E-state index is 0.118. The number of rotatable bonds is 6. The van der Waals surface area contributed by atoms with Crippen molar-refractivity contribution in [3.8, 4) is 0 Å². The smallest absolute Gasteiger partial charge is 0.273 e. The lowest BCUT2D eigenvalue weighted by molar-refractivity contribution is -0.385. The van der Waals surface area contributed by atoms with Crippen LogP contribution in [0.3, 0.4) is 0 Å². The lowest BCUT2D eigenvalue weighted by Crippen LogP contribution is -2.20. The standard InChI is InChI=1S/C10H14N2O3S/c1-16(15)7-6-11-8-9-4-2-3-5-10(9)12(13)14/h2-5,11H,6-8H2,1H3. The minimum atomic E-state index is -0.834. The molecule has 0 heterocycles. The van der Waals surface area contributed by atoms with Crippen molar-refractivity contribution in [2.75, 3.05) is 18.6 Å². The van der Waals surface area contributed by atoms with Gasteiger partial charge in [0.15, 0.2) is 0 Å². The first kappa shape index (κ1) is 12.8. The largest absolute Gasteiger partial charge is 0.311 e. The van der Waals surface area contributed by atoms with Crippen LogP contribution in [0.25, 0.3) is 0 Å². The number of nitro benzene ring substituents is 1. The molecule has 6 heteroatoms. The van der Waals surface area contributed by atoms with Crippen molar-refractivity contribution in [1.82, 2.24) is 5.32 Å². The van der Waals surface area contributed by atoms with Crippen molar-refractivity contribution in [3.63, 3.8) is 0 Å². The summed E-state index contributed by atoms with van der Waals surface area (Å²) in [7, 11) is -0.834. The Balaban J connectivity index is 2.53. The highest BCUT2D eigenvalue weighted by Gasteiger charge is 2.10. The zero-order chi connectivity index (χ0) is 12.0. The Morgan fingerprint density at radius 1 is 1.44 bits per heavy atom. The summed E-state index contributed by atoms with van der Waals surface area (Å²) in [5, 5.41) is 13.7. The van der Waals surface area contributed by atoms with Gasteiger partial charge < -0.3 is 5.32 Å². The number of nitrogens with zero attached hydrogens (tertiary/aromatic N) is 1. The summed E-state index contributed by atoms with van der Waals surface area (Å²) >= 11 is 0. The van der Waals surface area contributed by atoms with Crippen LogP contribution in [0, 0.1) is 10.1 Å². The van der Waals surface area contributed by atoms with E-state index in [0.29, 0.717) is 24.4 Å². The second kappa shape index (κ2) is 6.34. The SMILES string of the molecule is CS(=O)CCNCc1ccccc1[N+](=O)[O-]. The third-order valence-electron chi connectivity index (χ3n) is 2.07. The van der Waals surface area contributed by atoms with Crippen molar-refractivity contribution in [3.05, 3.63) is 39.9 Å². The molecule has 1 atom stereocenters. The lowest BCUT2D eigenvalue weighted by Gasteiger charge is -2.04. The van der Waals surface area contributed by atoms with Gasteiger partial charge in [0, 0.05) is 47.5 Å². The van der Waals surface area contributed by atoms with Crippen molar-refractivity contribution >= 4 is 16.5 Å². The zero-order valence-electron chi connectivity index (χ0n) is 9.01. The van der Waals surface area contributed by atoms with E-state index in [1.54, 1.807) is 24.5 Å². The van der Waals surface area contributed by atoms with Gasteiger partial charge in [-0.25, -0.2) is 0 Å². The van der Waals surface area contributed by atoms with Crippen LogP contribution >= 0.6 is 0 Å². The summed E-state index contributed by atoms with van der Waals surface area (Å²) in [6, 6.07) is 6.60. The van der Waals surface area contributed by atoms with E-state index in [4.69, 9.17) is 0 Å². The molecule has 1 rings (SSSR count). The molecule has 0 fully saturated rings. The van der Waals surface area contributed by atoms with E-state index in [0.717, 1.165) is 0 Å². The predicted molar refractivity (Wildman–Crippen MR) is 63.7 cm³/mol. The number of para-hydroxylation sites is 1. The molecule has 1 aromatic rings. The van der Waals surface area contributed by atoms with Gasteiger partial charge >= 0.3 is 0 Å². The summed E-state index contributed by atoms with van der Waals surface area (Å²) in [6.45, 7) is 1.02. The van der Waals surface area contributed by atoms with Crippen LogP contribution < -0.4 is 5.32 Å². The summed E-state index contributed by atoms with van der Waals surface area (Å²) in [6.07, 6.45) is 1.63. The fourth-order valence-electron chi connectivity index (χ4n) is 1.28. The van der Waals surface area contributed by atoms with Gasteiger partial charge in [-0.15, -0.1) is 0 Å². The van der Waals surface area contributed by atoms with E-state index in [1.807, 2.05) is 0 Å². The second-order valence-corrected chi connectivity index (χ2v) is 4.89. The predicted octanol–water partition coefficient (Wildman–Crippen LogP) is 1.06. The van der Waals surface area contributed by atoms with Gasteiger partial charge in [-0.1, -0.05) is 18.2 Å². The third kappa shape index (κ3) is 4.08. The van der Waals surface area contributed by atoms with E-state index in [1.165, 1.54) is 6.07 Å². The Morgan fingerprint density at radius 2 is 2.12 bits per heavy atom. The molecular formula is C10H14N2O3S. The molecule has 5 nitrogen and oxygen atoms in total. The van der Waals surface area contributed by atoms with Gasteiger partial charge in [0.2, 0.25) is 0 Å². The zero-order valence-corrected chi connectivity index (χ0v) is 9.83. The molecule has 0 saturated heterocycles. The Kier molecular flexibility index (Phi) is 5.07. The Morgan fingerprint density at radius 3 is 2.75 bits per heavy atom. The van der Waals surface area contributed by atoms with E-state index >= 15 is 0 Å². The highest BCUT2D eigenvalue weighted by molar-refractivity contribution is 7.84. The van der Waals surface area contributed by atoms with Gasteiger partial charge in [-0.3, -0.25) is 14.3 Å². The van der Waals surface area contributed by atoms with Gasteiger partial charge in [-0.05, 0) is 0 Å². The molecule has 0 radical (unpaired) electrons. The quantitative estimate of drug-likeness (QED) is 0.460. The van der Waals surface area contributed by atoms with Gasteiger partial charge in [0.05, 0.1) is 4.92 Å². The van der Waals surface area contributed by atoms with Gasteiger partial charge in [0.1, 0.15) is 0 Å². The topological polar surface area (TPSA) is 72.2 Å². The highest BCUT2D eigenvalue weighted by atomic mass is 32.2. The summed E-state index contributed by atoms with van der Waals surface area (Å²) in [5.74, 6) is 0.556. The van der Waals surface area contributed by atoms with Crippen LogP contribution in [0.1, 0.15) is 5.56 Å². The second-order valence-electron chi connectivity index (χ2n) is 3.34. The number of hydrogen-bond donors (Lipinski definition) is 1. The van der Waals surface area contributed by atoms with Crippen molar-refractivity contribution in [2.45, 2.75) is 6.54 Å². The van der Waals surface area contributed by atoms with Crippen molar-refractivity contribution < 1.29 is 9.13 Å². The molecule has 0 aliphatic carbocycles. The van der Waals surface area contributed by atoms with Crippen molar-refractivity contribution in [1.29, 1.82) is 0 Å². The van der Waals surface area contributed by atoms with Gasteiger partial charge in [0.25, 0.3) is 5.69 Å². The summed E-state index contributed by atoms with van der Waals surface area (Å²) in [5.41, 5.74) is 0.766. The van der Waals surface area contributed by atoms with Crippen LogP contribution in [0.4, 0.5) is 5.69 Å². The number of benzene rings is 1. The first-order chi connectivity index (χ1) is 7.61. The van der Waals surface area contributed by atoms with Crippen molar-refractivity contribution in [2.24, 2.45) is 0 Å². The minimum Gasteiger partial charge on any atom is -0.311 e. The van der Waals surface area contributed by atoms with Crippen LogP contribution in [-0.4, -0.2) is 27.7 Å². The summed E-state index contributed by atoms with van der Waals surface area (Å²) < 4.78 is 10.8. The van der Waals surface area contributed by atoms with Gasteiger partial charge in [-0.2, -0.15) is 0 Å². The first-order valence-corrected chi connectivity index (χ1v) is 6.57. The molecule has 0 spiro atoms. The number of nitro groups is 1. The average Bonchev–Trinajstić information content (AvgIpc) is 2.24. The molecule has 88 valence electrons. The summed E-state index contributed by atoms with van der Waals surface area (Å²) in [4.78, 5) is 10.3. The molecule has 1 unspecified atom stereocenters. The molecule has 1 aromatic carbocycles. The Bertz CT molecular complexity index is 395.